The van der Waals surface area contributed by atoms with Gasteiger partial charge in [-0.2, -0.15) is 0 Å². The molecule has 0 spiro atoms. The summed E-state index contributed by atoms with van der Waals surface area (Å²) in [5.41, 5.74) is 2.79. The zero-order chi connectivity index (χ0) is 17.1. The second kappa shape index (κ2) is 7.54. The standard InChI is InChI=1S/C19H23N3O2S.H2/c23-19(24-11-8-16-12-22-9-6-14(16)7-10-22)21-18-17(25-13-20-18)15-4-2-1-3-5-15;/h1-5,13-14,16H,6-12H2,(H,21,23);1H. The third-order valence-electron chi connectivity index (χ3n) is 5.34. The summed E-state index contributed by atoms with van der Waals surface area (Å²) >= 11 is 1.51. The molecule has 5 nitrogen and oxygen atoms in total. The summed E-state index contributed by atoms with van der Waals surface area (Å²) in [5, 5.41) is 2.79. The van der Waals surface area contributed by atoms with E-state index < -0.39 is 6.09 Å². The molecule has 2 bridgehead atoms. The molecule has 3 fully saturated rings. The van der Waals surface area contributed by atoms with E-state index in [0.717, 1.165) is 22.8 Å². The van der Waals surface area contributed by atoms with Crippen LogP contribution in [0.4, 0.5) is 10.6 Å². The number of hydrogen-bond acceptors (Lipinski definition) is 5. The summed E-state index contributed by atoms with van der Waals surface area (Å²) in [4.78, 5) is 19.9. The molecule has 0 saturated carbocycles. The third kappa shape index (κ3) is 3.85. The summed E-state index contributed by atoms with van der Waals surface area (Å²) < 4.78 is 5.41. The first-order valence-corrected chi connectivity index (χ1v) is 9.82. The van der Waals surface area contributed by atoms with Crippen molar-refractivity contribution in [3.05, 3.63) is 35.8 Å². The number of aromatic nitrogens is 1. The van der Waals surface area contributed by atoms with Gasteiger partial charge in [-0.05, 0) is 49.8 Å². The van der Waals surface area contributed by atoms with E-state index in [1.165, 1.54) is 43.8 Å². The monoisotopic (exact) mass is 359 g/mol. The van der Waals surface area contributed by atoms with Crippen LogP contribution in [0.3, 0.4) is 0 Å². The lowest BCUT2D eigenvalue weighted by molar-refractivity contribution is 0.0357. The Labute approximate surface area is 153 Å². The van der Waals surface area contributed by atoms with E-state index in [-0.39, 0.29) is 1.43 Å². The highest BCUT2D eigenvalue weighted by Gasteiger charge is 2.33. The maximum absolute atomic E-state index is 12.1. The van der Waals surface area contributed by atoms with Crippen molar-refractivity contribution in [2.24, 2.45) is 11.8 Å². The second-order valence-electron chi connectivity index (χ2n) is 6.84. The maximum Gasteiger partial charge on any atom is 0.412 e. The molecule has 2 aromatic rings. The molecule has 1 N–H and O–H groups in total. The number of piperidine rings is 3. The summed E-state index contributed by atoms with van der Waals surface area (Å²) in [7, 11) is 0. The van der Waals surface area contributed by atoms with E-state index in [1.807, 2.05) is 30.3 Å². The zero-order valence-corrected chi connectivity index (χ0v) is 15.0. The number of nitrogens with one attached hydrogen (secondary N) is 1. The van der Waals surface area contributed by atoms with Crippen LogP contribution in [-0.4, -0.2) is 42.2 Å². The van der Waals surface area contributed by atoms with Crippen LogP contribution in [0.15, 0.2) is 35.8 Å². The zero-order valence-electron chi connectivity index (χ0n) is 14.2. The van der Waals surface area contributed by atoms with E-state index in [1.54, 1.807) is 5.51 Å². The average molecular weight is 359 g/mol. The molecule has 1 aromatic carbocycles. The highest BCUT2D eigenvalue weighted by molar-refractivity contribution is 7.13. The molecule has 1 atom stereocenters. The number of fused-ring (bicyclic) bond motifs is 3. The molecule has 3 aliphatic heterocycles. The molecule has 6 heteroatoms. The van der Waals surface area contributed by atoms with Crippen LogP contribution in [0.25, 0.3) is 10.4 Å². The molecular weight excluding hydrogens is 334 g/mol. The smallest absolute Gasteiger partial charge is 0.412 e. The van der Waals surface area contributed by atoms with Crippen molar-refractivity contribution in [1.29, 1.82) is 0 Å². The van der Waals surface area contributed by atoms with E-state index in [4.69, 9.17) is 4.74 Å². The van der Waals surface area contributed by atoms with Gasteiger partial charge in [0.05, 0.1) is 17.0 Å². The minimum Gasteiger partial charge on any atom is -0.449 e. The molecule has 25 heavy (non-hydrogen) atoms. The van der Waals surface area contributed by atoms with Crippen molar-refractivity contribution in [3.63, 3.8) is 0 Å². The van der Waals surface area contributed by atoms with Gasteiger partial charge in [-0.25, -0.2) is 9.78 Å². The van der Waals surface area contributed by atoms with Gasteiger partial charge >= 0.3 is 6.09 Å². The number of carbonyl (C=O) groups is 1. The summed E-state index contributed by atoms with van der Waals surface area (Å²) in [5.74, 6) is 2.07. The number of ether oxygens (including phenoxy) is 1. The van der Waals surface area contributed by atoms with Gasteiger partial charge in [0.1, 0.15) is 0 Å². The van der Waals surface area contributed by atoms with Crippen LogP contribution in [-0.2, 0) is 4.74 Å². The quantitative estimate of drug-likeness (QED) is 0.863. The number of carbonyl (C=O) groups excluding carboxylic acids is 1. The van der Waals surface area contributed by atoms with Crippen molar-refractivity contribution in [2.45, 2.75) is 19.3 Å². The number of benzene rings is 1. The largest absolute Gasteiger partial charge is 0.449 e. The summed E-state index contributed by atoms with van der Waals surface area (Å²) in [6, 6.07) is 9.95. The van der Waals surface area contributed by atoms with Gasteiger partial charge in [0.15, 0.2) is 5.82 Å². The van der Waals surface area contributed by atoms with Crippen LogP contribution < -0.4 is 5.32 Å². The number of anilines is 1. The predicted molar refractivity (Wildman–Crippen MR) is 102 cm³/mol. The van der Waals surface area contributed by atoms with Crippen LogP contribution in [0.5, 0.6) is 0 Å². The van der Waals surface area contributed by atoms with Crippen LogP contribution >= 0.6 is 11.3 Å². The van der Waals surface area contributed by atoms with Crippen molar-refractivity contribution < 1.29 is 11.0 Å². The fraction of sp³-hybridized carbons (Fsp3) is 0.474. The Morgan fingerprint density at radius 3 is 2.84 bits per heavy atom. The lowest BCUT2D eigenvalue weighted by Gasteiger charge is -2.44. The number of thiazole rings is 1. The molecule has 3 aliphatic rings. The molecule has 3 saturated heterocycles. The number of nitrogens with zero attached hydrogens (tertiary/aromatic N) is 2. The Kier molecular flexibility index (Phi) is 4.99. The van der Waals surface area contributed by atoms with Crippen LogP contribution in [0.1, 0.15) is 20.7 Å². The maximum atomic E-state index is 12.1. The van der Waals surface area contributed by atoms with Crippen molar-refractivity contribution in [1.82, 2.24) is 9.88 Å². The highest BCUT2D eigenvalue weighted by Crippen LogP contribution is 2.34. The number of rotatable bonds is 5. The molecule has 0 radical (unpaired) electrons. The topological polar surface area (TPSA) is 54.5 Å². The molecule has 1 aromatic heterocycles. The number of amides is 1. The van der Waals surface area contributed by atoms with Crippen LogP contribution in [0.2, 0.25) is 0 Å². The van der Waals surface area contributed by atoms with Gasteiger partial charge in [0, 0.05) is 7.97 Å². The molecule has 1 amide bonds. The first-order valence-electron chi connectivity index (χ1n) is 8.94. The predicted octanol–water partition coefficient (Wildman–Crippen LogP) is 4.34. The SMILES string of the molecule is O=C(Nc1ncsc1-c1ccccc1)OCCC1CN2CCC1CC2.[HH]. The molecular formula is C19H25N3O2S. The van der Waals surface area contributed by atoms with E-state index >= 15 is 0 Å². The van der Waals surface area contributed by atoms with Crippen molar-refractivity contribution in [3.8, 4) is 10.4 Å². The molecule has 134 valence electrons. The Morgan fingerprint density at radius 1 is 1.32 bits per heavy atom. The van der Waals surface area contributed by atoms with Gasteiger partial charge in [-0.1, -0.05) is 30.3 Å². The highest BCUT2D eigenvalue weighted by atomic mass is 32.1. The minimum absolute atomic E-state index is 0. The van der Waals surface area contributed by atoms with Crippen LogP contribution in [0, 0.1) is 11.8 Å². The Morgan fingerprint density at radius 2 is 2.12 bits per heavy atom. The molecule has 1 unspecified atom stereocenters. The summed E-state index contributed by atoms with van der Waals surface area (Å²) in [6.07, 6.45) is 3.15. The Balaban J connectivity index is 0.00000196. The van der Waals surface area contributed by atoms with Crippen molar-refractivity contribution in [2.75, 3.05) is 31.6 Å². The first kappa shape index (κ1) is 16.5. The van der Waals surface area contributed by atoms with E-state index in [9.17, 15) is 4.79 Å². The van der Waals surface area contributed by atoms with Gasteiger partial charge in [0.2, 0.25) is 0 Å². The minimum atomic E-state index is -0.413. The molecule has 0 aliphatic carbocycles. The van der Waals surface area contributed by atoms with Crippen molar-refractivity contribution >= 4 is 23.2 Å². The molecule has 4 heterocycles. The van der Waals surface area contributed by atoms with Gasteiger partial charge in [0.25, 0.3) is 0 Å². The second-order valence-corrected chi connectivity index (χ2v) is 7.70. The Bertz CT molecular complexity index is 717. The Hall–Kier alpha value is -1.92. The van der Waals surface area contributed by atoms with Gasteiger partial charge in [-0.15, -0.1) is 11.3 Å². The lowest BCUT2D eigenvalue weighted by Crippen LogP contribution is -2.47. The van der Waals surface area contributed by atoms with E-state index in [2.05, 4.69) is 15.2 Å². The number of hydrogen-bond donors (Lipinski definition) is 1. The van der Waals surface area contributed by atoms with Gasteiger partial charge < -0.3 is 9.64 Å². The fourth-order valence-electron chi connectivity index (χ4n) is 3.98. The fourth-order valence-corrected chi connectivity index (χ4v) is 4.73. The lowest BCUT2D eigenvalue weighted by atomic mass is 9.78. The first-order chi connectivity index (χ1) is 12.3. The average Bonchev–Trinajstić information content (AvgIpc) is 3.11. The van der Waals surface area contributed by atoms with E-state index in [0.29, 0.717) is 18.3 Å². The molecule has 5 rings (SSSR count). The third-order valence-corrected chi connectivity index (χ3v) is 6.21. The van der Waals surface area contributed by atoms with Gasteiger partial charge in [-0.3, -0.25) is 5.32 Å². The summed E-state index contributed by atoms with van der Waals surface area (Å²) in [6.45, 7) is 4.13. The normalized spacial score (nSPS) is 24.9.